The lowest BCUT2D eigenvalue weighted by Crippen LogP contribution is -2.24. The molecule has 1 aromatic heterocycles. The Labute approximate surface area is 113 Å². The van der Waals surface area contributed by atoms with Gasteiger partial charge in [0.05, 0.1) is 5.69 Å². The first-order chi connectivity index (χ1) is 8.63. The van der Waals surface area contributed by atoms with E-state index in [1.807, 2.05) is 6.07 Å². The van der Waals surface area contributed by atoms with Crippen LogP contribution in [0, 0.1) is 0 Å². The molecule has 0 atom stereocenters. The minimum Gasteiger partial charge on any atom is -0.397 e. The van der Waals surface area contributed by atoms with Gasteiger partial charge in [0.2, 0.25) is 0 Å². The highest BCUT2D eigenvalue weighted by molar-refractivity contribution is 7.21. The molecule has 1 aromatic carbocycles. The fourth-order valence-electron chi connectivity index (χ4n) is 1.62. The number of benzene rings is 1. The fourth-order valence-corrected chi connectivity index (χ4v) is 2.94. The van der Waals surface area contributed by atoms with Gasteiger partial charge in [0.15, 0.2) is 0 Å². The van der Waals surface area contributed by atoms with Crippen LogP contribution in [-0.2, 0) is 0 Å². The maximum atomic E-state index is 11.9. The molecule has 0 saturated heterocycles. The molecule has 4 nitrogen and oxygen atoms in total. The number of nitrogens with one attached hydrogen (secondary N) is 1. The van der Waals surface area contributed by atoms with E-state index in [9.17, 15) is 4.79 Å². The summed E-state index contributed by atoms with van der Waals surface area (Å²) < 4.78 is 0.896. The molecule has 1 amide bonds. The van der Waals surface area contributed by atoms with Gasteiger partial charge in [-0.25, -0.2) is 0 Å². The van der Waals surface area contributed by atoms with Crippen LogP contribution in [0.3, 0.4) is 0 Å². The molecule has 2 rings (SSSR count). The number of aliphatic hydroxyl groups excluding tert-OH is 1. The molecule has 4 N–H and O–H groups in total. The molecule has 18 heavy (non-hydrogen) atoms. The van der Waals surface area contributed by atoms with Crippen molar-refractivity contribution in [3.05, 3.63) is 28.1 Å². The fraction of sp³-hybridized carbons (Fsp3) is 0.250. The Balaban J connectivity index is 2.28. The van der Waals surface area contributed by atoms with Crippen molar-refractivity contribution in [3.8, 4) is 0 Å². The Kier molecular flexibility index (Phi) is 4.06. The van der Waals surface area contributed by atoms with Gasteiger partial charge in [-0.2, -0.15) is 0 Å². The molecule has 0 saturated carbocycles. The Morgan fingerprint density at radius 3 is 3.00 bits per heavy atom. The molecule has 1 heterocycles. The third kappa shape index (κ3) is 2.58. The second-order valence-electron chi connectivity index (χ2n) is 3.82. The van der Waals surface area contributed by atoms with E-state index < -0.39 is 0 Å². The van der Waals surface area contributed by atoms with Crippen LogP contribution >= 0.6 is 22.9 Å². The summed E-state index contributed by atoms with van der Waals surface area (Å²) in [5.74, 6) is -0.210. The first-order valence-electron chi connectivity index (χ1n) is 5.50. The topological polar surface area (TPSA) is 75.4 Å². The van der Waals surface area contributed by atoms with Crippen LogP contribution in [0.5, 0.6) is 0 Å². The first kappa shape index (κ1) is 13.1. The molecular weight excluding hydrogens is 272 g/mol. The Morgan fingerprint density at radius 2 is 2.28 bits per heavy atom. The lowest BCUT2D eigenvalue weighted by molar-refractivity contribution is 0.0956. The number of carbonyl (C=O) groups excluding carboxylic acids is 1. The molecule has 0 aliphatic carbocycles. The zero-order chi connectivity index (χ0) is 13.1. The van der Waals surface area contributed by atoms with Crippen molar-refractivity contribution in [2.75, 3.05) is 18.9 Å². The summed E-state index contributed by atoms with van der Waals surface area (Å²) in [5.41, 5.74) is 6.43. The third-order valence-corrected chi connectivity index (χ3v) is 3.92. The van der Waals surface area contributed by atoms with E-state index >= 15 is 0 Å². The molecule has 2 aromatic rings. The summed E-state index contributed by atoms with van der Waals surface area (Å²) in [6.07, 6.45) is 0.530. The van der Waals surface area contributed by atoms with Gasteiger partial charge in [-0.1, -0.05) is 11.6 Å². The van der Waals surface area contributed by atoms with E-state index in [0.29, 0.717) is 28.6 Å². The number of halogens is 1. The molecule has 0 fully saturated rings. The Morgan fingerprint density at radius 1 is 1.50 bits per heavy atom. The predicted molar refractivity (Wildman–Crippen MR) is 75.3 cm³/mol. The molecule has 0 radical (unpaired) electrons. The van der Waals surface area contributed by atoms with E-state index in [1.54, 1.807) is 12.1 Å². The number of anilines is 1. The summed E-state index contributed by atoms with van der Waals surface area (Å²) in [5, 5.41) is 12.8. The smallest absolute Gasteiger partial charge is 0.263 e. The monoisotopic (exact) mass is 284 g/mol. The number of carbonyl (C=O) groups is 1. The van der Waals surface area contributed by atoms with Crippen LogP contribution in [0.25, 0.3) is 10.1 Å². The maximum Gasteiger partial charge on any atom is 0.263 e. The molecule has 0 aliphatic heterocycles. The van der Waals surface area contributed by atoms with Crippen molar-refractivity contribution < 1.29 is 9.90 Å². The normalized spacial score (nSPS) is 10.8. The number of rotatable bonds is 4. The van der Waals surface area contributed by atoms with Crippen molar-refractivity contribution in [1.29, 1.82) is 0 Å². The Hall–Kier alpha value is -1.30. The van der Waals surface area contributed by atoms with Crippen molar-refractivity contribution in [2.24, 2.45) is 0 Å². The molecule has 0 bridgehead atoms. The third-order valence-electron chi connectivity index (χ3n) is 2.52. The number of nitrogen functional groups attached to an aromatic ring is 1. The molecule has 0 unspecified atom stereocenters. The number of fused-ring (bicyclic) bond motifs is 1. The average Bonchev–Trinajstić information content (AvgIpc) is 2.66. The van der Waals surface area contributed by atoms with E-state index in [4.69, 9.17) is 22.4 Å². The van der Waals surface area contributed by atoms with Crippen molar-refractivity contribution in [1.82, 2.24) is 5.32 Å². The van der Waals surface area contributed by atoms with Gasteiger partial charge < -0.3 is 16.2 Å². The van der Waals surface area contributed by atoms with E-state index in [0.717, 1.165) is 10.1 Å². The van der Waals surface area contributed by atoms with E-state index in [-0.39, 0.29) is 12.5 Å². The minimum absolute atomic E-state index is 0.0534. The highest BCUT2D eigenvalue weighted by Gasteiger charge is 2.15. The van der Waals surface area contributed by atoms with Gasteiger partial charge in [-0.05, 0) is 24.6 Å². The molecule has 0 aliphatic rings. The standard InChI is InChI=1S/C12H13ClN2O2S/c13-7-2-3-8-9(6-7)18-11(10(8)14)12(17)15-4-1-5-16/h2-3,6,16H,1,4-5,14H2,(H,15,17). The second kappa shape index (κ2) is 5.56. The predicted octanol–water partition coefficient (Wildman–Crippen LogP) is 2.25. The summed E-state index contributed by atoms with van der Waals surface area (Å²) >= 11 is 7.22. The van der Waals surface area contributed by atoms with Gasteiger partial charge in [-0.3, -0.25) is 4.79 Å². The highest BCUT2D eigenvalue weighted by atomic mass is 35.5. The largest absolute Gasteiger partial charge is 0.397 e. The number of hydrogen-bond donors (Lipinski definition) is 3. The number of thiophene rings is 1. The number of nitrogens with two attached hydrogens (primary N) is 1. The van der Waals surface area contributed by atoms with Gasteiger partial charge in [0, 0.05) is 28.3 Å². The molecule has 96 valence electrons. The highest BCUT2D eigenvalue weighted by Crippen LogP contribution is 2.35. The van der Waals surface area contributed by atoms with Gasteiger partial charge in [-0.15, -0.1) is 11.3 Å². The second-order valence-corrected chi connectivity index (χ2v) is 5.31. The van der Waals surface area contributed by atoms with Crippen LogP contribution < -0.4 is 11.1 Å². The van der Waals surface area contributed by atoms with Crippen LogP contribution in [0.15, 0.2) is 18.2 Å². The van der Waals surface area contributed by atoms with Crippen LogP contribution in [0.1, 0.15) is 16.1 Å². The Bertz CT molecular complexity index is 583. The number of hydrogen-bond acceptors (Lipinski definition) is 4. The summed E-state index contributed by atoms with van der Waals surface area (Å²) in [4.78, 5) is 12.4. The van der Waals surface area contributed by atoms with Crippen molar-refractivity contribution in [3.63, 3.8) is 0 Å². The summed E-state index contributed by atoms with van der Waals surface area (Å²) in [6, 6.07) is 5.36. The van der Waals surface area contributed by atoms with Crippen molar-refractivity contribution >= 4 is 44.6 Å². The number of amides is 1. The quantitative estimate of drug-likeness (QED) is 0.754. The zero-order valence-electron chi connectivity index (χ0n) is 9.57. The van der Waals surface area contributed by atoms with Gasteiger partial charge in [0.1, 0.15) is 4.88 Å². The first-order valence-corrected chi connectivity index (χ1v) is 6.69. The van der Waals surface area contributed by atoms with Gasteiger partial charge >= 0.3 is 0 Å². The summed E-state index contributed by atoms with van der Waals surface area (Å²) in [6.45, 7) is 0.488. The summed E-state index contributed by atoms with van der Waals surface area (Å²) in [7, 11) is 0. The lowest BCUT2D eigenvalue weighted by atomic mass is 10.2. The van der Waals surface area contributed by atoms with Crippen LogP contribution in [-0.4, -0.2) is 24.2 Å². The minimum atomic E-state index is -0.210. The van der Waals surface area contributed by atoms with E-state index in [1.165, 1.54) is 11.3 Å². The van der Waals surface area contributed by atoms with E-state index in [2.05, 4.69) is 5.32 Å². The zero-order valence-corrected chi connectivity index (χ0v) is 11.1. The van der Waals surface area contributed by atoms with Crippen LogP contribution in [0.2, 0.25) is 5.02 Å². The molecule has 0 spiro atoms. The van der Waals surface area contributed by atoms with Crippen LogP contribution in [0.4, 0.5) is 5.69 Å². The number of aliphatic hydroxyl groups is 1. The van der Waals surface area contributed by atoms with Crippen molar-refractivity contribution in [2.45, 2.75) is 6.42 Å². The SMILES string of the molecule is Nc1c(C(=O)NCCCO)sc2cc(Cl)ccc12. The maximum absolute atomic E-state index is 11.9. The molecule has 6 heteroatoms. The average molecular weight is 285 g/mol. The van der Waals surface area contributed by atoms with Gasteiger partial charge in [0.25, 0.3) is 5.91 Å². The lowest BCUT2D eigenvalue weighted by Gasteiger charge is -2.02. The molecular formula is C12H13ClN2O2S.